The molecular weight excluding hydrogens is 556 g/mol. The van der Waals surface area contributed by atoms with E-state index in [1.807, 2.05) is 36.4 Å². The Kier molecular flexibility index (Phi) is 8.14. The number of hydrogen-bond acceptors (Lipinski definition) is 7. The van der Waals surface area contributed by atoms with Crippen LogP contribution in [0.4, 0.5) is 0 Å². The van der Waals surface area contributed by atoms with E-state index in [0.29, 0.717) is 44.3 Å². The highest BCUT2D eigenvalue weighted by molar-refractivity contribution is 9.10. The van der Waals surface area contributed by atoms with Gasteiger partial charge in [-0.25, -0.2) is 9.79 Å². The average molecular weight is 584 g/mol. The van der Waals surface area contributed by atoms with Gasteiger partial charge in [0, 0.05) is 10.0 Å². The quantitative estimate of drug-likeness (QED) is 0.288. The van der Waals surface area contributed by atoms with E-state index in [1.165, 1.54) is 11.3 Å². The third-order valence-corrected chi connectivity index (χ3v) is 7.07. The summed E-state index contributed by atoms with van der Waals surface area (Å²) in [4.78, 5) is 32.3. The fraction of sp³-hybridized carbons (Fsp3) is 0.250. The summed E-state index contributed by atoms with van der Waals surface area (Å²) < 4.78 is 19.6. The highest BCUT2D eigenvalue weighted by atomic mass is 79.9. The third-order valence-electron chi connectivity index (χ3n) is 5.59. The Morgan fingerprint density at radius 1 is 1.27 bits per heavy atom. The Bertz CT molecular complexity index is 1570. The molecule has 9 heteroatoms. The summed E-state index contributed by atoms with van der Waals surface area (Å²) in [6.07, 6.45) is 3.13. The van der Waals surface area contributed by atoms with Gasteiger partial charge in [0.1, 0.15) is 24.1 Å². The van der Waals surface area contributed by atoms with Gasteiger partial charge in [-0.15, -0.1) is 0 Å². The predicted octanol–water partition coefficient (Wildman–Crippen LogP) is 4.52. The molecule has 2 heterocycles. The molecule has 1 aliphatic heterocycles. The van der Waals surface area contributed by atoms with Gasteiger partial charge >= 0.3 is 5.97 Å². The van der Waals surface area contributed by atoms with Crippen molar-refractivity contribution in [2.45, 2.75) is 32.9 Å². The molecule has 7 nitrogen and oxygen atoms in total. The Morgan fingerprint density at radius 2 is 2.05 bits per heavy atom. The zero-order valence-corrected chi connectivity index (χ0v) is 23.4. The lowest BCUT2D eigenvalue weighted by molar-refractivity contribution is -0.143. The average Bonchev–Trinajstić information content (AvgIpc) is 3.15. The van der Waals surface area contributed by atoms with E-state index in [9.17, 15) is 9.59 Å². The van der Waals surface area contributed by atoms with Gasteiger partial charge in [0.15, 0.2) is 4.80 Å². The molecule has 1 aliphatic rings. The number of carbonyl (C=O) groups excluding carboxylic acids is 1. The molecule has 0 bridgehead atoms. The first-order valence-corrected chi connectivity index (χ1v) is 13.2. The number of aromatic nitrogens is 1. The number of methoxy groups -OCH3 is 1. The first-order valence-electron chi connectivity index (χ1n) is 11.6. The van der Waals surface area contributed by atoms with Gasteiger partial charge in [-0.05, 0) is 62.7 Å². The van der Waals surface area contributed by atoms with Crippen molar-refractivity contribution in [1.29, 1.82) is 0 Å². The second kappa shape index (κ2) is 11.3. The van der Waals surface area contributed by atoms with Gasteiger partial charge in [0.2, 0.25) is 0 Å². The van der Waals surface area contributed by atoms with Crippen LogP contribution in [0.3, 0.4) is 0 Å². The molecule has 0 saturated heterocycles. The molecule has 192 valence electrons. The highest BCUT2D eigenvalue weighted by Gasteiger charge is 2.35. The van der Waals surface area contributed by atoms with Crippen LogP contribution in [0.25, 0.3) is 6.08 Å². The minimum Gasteiger partial charge on any atom is -0.496 e. The van der Waals surface area contributed by atoms with Crippen LogP contribution in [-0.4, -0.2) is 30.4 Å². The number of allylic oxidation sites excluding steroid dienone is 1. The molecule has 0 fully saturated rings. The van der Waals surface area contributed by atoms with Crippen LogP contribution in [0, 0.1) is 0 Å². The van der Waals surface area contributed by atoms with Crippen LogP contribution in [0.5, 0.6) is 11.5 Å². The standard InChI is InChI=1S/C28H27BrN2O5S/c1-6-12-35-20-9-7-8-18(13-20)14-23-26(32)31-25(21-15-19(29)10-11-22(21)34-5)24(27(33)36-16(2)3)17(4)30-28(31)37-23/h6-11,13-16,25H,1,12H2,2-5H3/b23-14-/t25-/m0/s1. The summed E-state index contributed by atoms with van der Waals surface area (Å²) in [6.45, 7) is 9.37. The Labute approximate surface area is 227 Å². The van der Waals surface area contributed by atoms with Gasteiger partial charge in [-0.1, -0.05) is 52.1 Å². The molecule has 3 aromatic rings. The minimum absolute atomic E-state index is 0.268. The summed E-state index contributed by atoms with van der Waals surface area (Å²) >= 11 is 4.78. The van der Waals surface area contributed by atoms with Crippen LogP contribution >= 0.6 is 27.3 Å². The number of carbonyl (C=O) groups is 1. The van der Waals surface area contributed by atoms with E-state index in [-0.39, 0.29) is 11.7 Å². The second-order valence-corrected chi connectivity index (χ2v) is 10.5. The van der Waals surface area contributed by atoms with E-state index < -0.39 is 12.0 Å². The van der Waals surface area contributed by atoms with Crippen molar-refractivity contribution < 1.29 is 19.0 Å². The first-order chi connectivity index (χ1) is 17.7. The molecule has 0 saturated carbocycles. The lowest BCUT2D eigenvalue weighted by Gasteiger charge is -2.26. The number of rotatable bonds is 8. The molecule has 37 heavy (non-hydrogen) atoms. The van der Waals surface area contributed by atoms with Crippen LogP contribution in [0.15, 0.2) is 80.6 Å². The van der Waals surface area contributed by atoms with Crippen molar-refractivity contribution in [3.05, 3.63) is 102 Å². The number of benzene rings is 2. The maximum absolute atomic E-state index is 13.9. The Morgan fingerprint density at radius 3 is 2.76 bits per heavy atom. The largest absolute Gasteiger partial charge is 0.496 e. The molecule has 0 spiro atoms. The SMILES string of the molecule is C=CCOc1cccc(/C=c2\sc3n(c2=O)[C@@H](c2cc(Br)ccc2OC)C(C(=O)OC(C)C)=C(C)N=3)c1. The highest BCUT2D eigenvalue weighted by Crippen LogP contribution is 2.37. The van der Waals surface area contributed by atoms with Gasteiger partial charge in [-0.2, -0.15) is 0 Å². The van der Waals surface area contributed by atoms with E-state index in [1.54, 1.807) is 50.7 Å². The van der Waals surface area contributed by atoms with Gasteiger partial charge in [0.05, 0.1) is 29.0 Å². The topological polar surface area (TPSA) is 79.1 Å². The van der Waals surface area contributed by atoms with Crippen LogP contribution in [0.2, 0.25) is 0 Å². The number of thiazole rings is 1. The molecule has 1 atom stereocenters. The van der Waals surface area contributed by atoms with Crippen molar-refractivity contribution in [3.8, 4) is 11.5 Å². The molecule has 2 aromatic carbocycles. The zero-order chi connectivity index (χ0) is 26.7. The number of hydrogen-bond donors (Lipinski definition) is 0. The Hall–Kier alpha value is -3.43. The van der Waals surface area contributed by atoms with Gasteiger partial charge in [0.25, 0.3) is 5.56 Å². The smallest absolute Gasteiger partial charge is 0.338 e. The first kappa shape index (κ1) is 26.6. The molecule has 0 amide bonds. The Balaban J connectivity index is 1.94. The lowest BCUT2D eigenvalue weighted by atomic mass is 9.95. The molecule has 4 rings (SSSR count). The second-order valence-electron chi connectivity index (χ2n) is 8.59. The summed E-state index contributed by atoms with van der Waals surface area (Å²) in [5.41, 5.74) is 1.97. The lowest BCUT2D eigenvalue weighted by Crippen LogP contribution is -2.40. The predicted molar refractivity (Wildman–Crippen MR) is 148 cm³/mol. The third kappa shape index (κ3) is 5.62. The van der Waals surface area contributed by atoms with E-state index in [2.05, 4.69) is 27.5 Å². The minimum atomic E-state index is -0.778. The monoisotopic (exact) mass is 582 g/mol. The van der Waals surface area contributed by atoms with Crippen molar-refractivity contribution >= 4 is 39.3 Å². The van der Waals surface area contributed by atoms with E-state index in [0.717, 1.165) is 10.0 Å². The van der Waals surface area contributed by atoms with Crippen molar-refractivity contribution in [2.24, 2.45) is 4.99 Å². The number of ether oxygens (including phenoxy) is 3. The number of halogens is 1. The van der Waals surface area contributed by atoms with Crippen molar-refractivity contribution in [3.63, 3.8) is 0 Å². The van der Waals surface area contributed by atoms with Crippen LogP contribution in [-0.2, 0) is 9.53 Å². The molecular formula is C28H27BrN2O5S. The number of esters is 1. The molecule has 0 N–H and O–H groups in total. The summed E-state index contributed by atoms with van der Waals surface area (Å²) in [5.74, 6) is 0.691. The van der Waals surface area contributed by atoms with E-state index in [4.69, 9.17) is 14.2 Å². The summed E-state index contributed by atoms with van der Waals surface area (Å²) in [6, 6.07) is 12.2. The van der Waals surface area contributed by atoms with Crippen LogP contribution < -0.4 is 24.4 Å². The van der Waals surface area contributed by atoms with Crippen molar-refractivity contribution in [2.75, 3.05) is 13.7 Å². The molecule has 1 aromatic heterocycles. The summed E-state index contributed by atoms with van der Waals surface area (Å²) in [7, 11) is 1.56. The van der Waals surface area contributed by atoms with Gasteiger partial charge in [-0.3, -0.25) is 9.36 Å². The van der Waals surface area contributed by atoms with Crippen molar-refractivity contribution in [1.82, 2.24) is 4.57 Å². The van der Waals surface area contributed by atoms with Gasteiger partial charge < -0.3 is 14.2 Å². The zero-order valence-electron chi connectivity index (χ0n) is 21.0. The fourth-order valence-corrected chi connectivity index (χ4v) is 5.50. The number of fused-ring (bicyclic) bond motifs is 1. The molecule has 0 aliphatic carbocycles. The maximum Gasteiger partial charge on any atom is 0.338 e. The van der Waals surface area contributed by atoms with E-state index >= 15 is 0 Å². The number of nitrogens with zero attached hydrogens (tertiary/aromatic N) is 2. The fourth-order valence-electron chi connectivity index (χ4n) is 4.07. The molecule has 0 radical (unpaired) electrons. The normalized spacial score (nSPS) is 15.3. The summed E-state index contributed by atoms with van der Waals surface area (Å²) in [5, 5.41) is 0. The van der Waals surface area contributed by atoms with Crippen LogP contribution in [0.1, 0.15) is 37.9 Å². The molecule has 0 unspecified atom stereocenters. The maximum atomic E-state index is 13.9.